The lowest BCUT2D eigenvalue weighted by atomic mass is 10.3. The number of hydrogen-bond donors (Lipinski definition) is 1. The van der Waals surface area contributed by atoms with Gasteiger partial charge in [0, 0.05) is 46.9 Å². The van der Waals surface area contributed by atoms with E-state index in [1.54, 1.807) is 9.69 Å². The number of nitrogens with one attached hydrogen (secondary N) is 1. The van der Waals surface area contributed by atoms with Gasteiger partial charge < -0.3 is 5.32 Å². The molecular formula is C14H24N2O2S3. The van der Waals surface area contributed by atoms with Crippen LogP contribution in [0.2, 0.25) is 0 Å². The van der Waals surface area contributed by atoms with Crippen molar-refractivity contribution in [3.05, 3.63) is 16.3 Å². The fourth-order valence-corrected chi connectivity index (χ4v) is 6.29. The van der Waals surface area contributed by atoms with E-state index in [0.717, 1.165) is 23.6 Å². The highest BCUT2D eigenvalue weighted by Gasteiger charge is 2.30. The molecule has 1 N–H and O–H groups in total. The highest BCUT2D eigenvalue weighted by Crippen LogP contribution is 2.28. The molecule has 0 spiro atoms. The first-order valence-electron chi connectivity index (χ1n) is 7.36. The molecule has 120 valence electrons. The molecule has 0 amide bonds. The van der Waals surface area contributed by atoms with Crippen LogP contribution in [0.4, 0.5) is 0 Å². The molecule has 1 saturated heterocycles. The maximum Gasteiger partial charge on any atom is 0.243 e. The third-order valence-electron chi connectivity index (χ3n) is 3.51. The Morgan fingerprint density at radius 2 is 2.24 bits per heavy atom. The molecule has 2 heterocycles. The quantitative estimate of drug-likeness (QED) is 0.859. The van der Waals surface area contributed by atoms with Crippen LogP contribution >= 0.6 is 23.1 Å². The largest absolute Gasteiger partial charge is 0.310 e. The zero-order chi connectivity index (χ0) is 15.5. The summed E-state index contributed by atoms with van der Waals surface area (Å²) in [4.78, 5) is 1.52. The maximum absolute atomic E-state index is 12.7. The van der Waals surface area contributed by atoms with Gasteiger partial charge in [0.25, 0.3) is 0 Å². The van der Waals surface area contributed by atoms with Crippen LogP contribution in [0.25, 0.3) is 0 Å². The molecule has 1 aliphatic rings. The van der Waals surface area contributed by atoms with Gasteiger partial charge in [0.2, 0.25) is 10.0 Å². The van der Waals surface area contributed by atoms with Crippen molar-refractivity contribution in [1.29, 1.82) is 0 Å². The standard InChI is InChI=1S/C14H24N2O2S3/c1-4-12-9-16(5-6-19-12)21(17,18)14-7-13(20-10-14)8-15-11(2)3/h7,10-12,15H,4-6,8-9H2,1-3H3. The molecule has 0 aliphatic carbocycles. The summed E-state index contributed by atoms with van der Waals surface area (Å²) in [6.45, 7) is 8.28. The van der Waals surface area contributed by atoms with Crippen molar-refractivity contribution in [3.8, 4) is 0 Å². The van der Waals surface area contributed by atoms with Crippen LogP contribution in [-0.4, -0.2) is 42.9 Å². The lowest BCUT2D eigenvalue weighted by Gasteiger charge is -2.30. The van der Waals surface area contributed by atoms with Crippen LogP contribution in [0.5, 0.6) is 0 Å². The third-order valence-corrected chi connectivity index (χ3v) is 7.81. The normalized spacial score (nSPS) is 21.0. The van der Waals surface area contributed by atoms with Crippen LogP contribution in [0.3, 0.4) is 0 Å². The van der Waals surface area contributed by atoms with Gasteiger partial charge >= 0.3 is 0 Å². The lowest BCUT2D eigenvalue weighted by Crippen LogP contribution is -2.41. The van der Waals surface area contributed by atoms with Gasteiger partial charge in [-0.1, -0.05) is 20.8 Å². The molecule has 0 radical (unpaired) electrons. The smallest absolute Gasteiger partial charge is 0.243 e. The highest BCUT2D eigenvalue weighted by molar-refractivity contribution is 8.00. The molecule has 1 unspecified atom stereocenters. The molecule has 21 heavy (non-hydrogen) atoms. The SMILES string of the molecule is CCC1CN(S(=O)(=O)c2csc(CNC(C)C)c2)CCS1. The van der Waals surface area contributed by atoms with E-state index in [1.165, 1.54) is 11.3 Å². The molecule has 2 rings (SSSR count). The van der Waals surface area contributed by atoms with Gasteiger partial charge in [-0.05, 0) is 12.5 Å². The van der Waals surface area contributed by atoms with Gasteiger partial charge in [-0.25, -0.2) is 8.42 Å². The first-order chi connectivity index (χ1) is 9.93. The lowest BCUT2D eigenvalue weighted by molar-refractivity contribution is 0.416. The molecule has 1 atom stereocenters. The number of thiophene rings is 1. The number of sulfonamides is 1. The molecule has 1 aliphatic heterocycles. The Balaban J connectivity index is 2.08. The van der Waals surface area contributed by atoms with Crippen LogP contribution in [0.15, 0.2) is 16.3 Å². The zero-order valence-electron chi connectivity index (χ0n) is 12.8. The van der Waals surface area contributed by atoms with Crippen molar-refractivity contribution in [2.24, 2.45) is 0 Å². The van der Waals surface area contributed by atoms with E-state index in [0.29, 0.717) is 29.3 Å². The molecule has 4 nitrogen and oxygen atoms in total. The van der Waals surface area contributed by atoms with Gasteiger partial charge in [-0.15, -0.1) is 11.3 Å². The summed E-state index contributed by atoms with van der Waals surface area (Å²) in [6, 6.07) is 2.22. The fourth-order valence-electron chi connectivity index (χ4n) is 2.20. The Morgan fingerprint density at radius 1 is 1.48 bits per heavy atom. The summed E-state index contributed by atoms with van der Waals surface area (Å²) in [5, 5.41) is 5.52. The van der Waals surface area contributed by atoms with Gasteiger partial charge in [0.15, 0.2) is 0 Å². The van der Waals surface area contributed by atoms with Crippen molar-refractivity contribution < 1.29 is 8.42 Å². The Morgan fingerprint density at radius 3 is 2.90 bits per heavy atom. The van der Waals surface area contributed by atoms with Crippen LogP contribution in [-0.2, 0) is 16.6 Å². The molecule has 1 aromatic heterocycles. The predicted molar refractivity (Wildman–Crippen MR) is 91.6 cm³/mol. The van der Waals surface area contributed by atoms with Crippen molar-refractivity contribution in [2.75, 3.05) is 18.8 Å². The molecule has 1 fully saturated rings. The van der Waals surface area contributed by atoms with Crippen LogP contribution in [0, 0.1) is 0 Å². The van der Waals surface area contributed by atoms with E-state index in [-0.39, 0.29) is 0 Å². The van der Waals surface area contributed by atoms with E-state index < -0.39 is 10.0 Å². The van der Waals surface area contributed by atoms with E-state index in [1.807, 2.05) is 17.8 Å². The van der Waals surface area contributed by atoms with E-state index in [9.17, 15) is 8.42 Å². The molecule has 1 aromatic rings. The van der Waals surface area contributed by atoms with E-state index in [2.05, 4.69) is 26.1 Å². The molecule has 0 aromatic carbocycles. The summed E-state index contributed by atoms with van der Waals surface area (Å²) >= 11 is 3.40. The highest BCUT2D eigenvalue weighted by atomic mass is 32.2. The maximum atomic E-state index is 12.7. The molecule has 7 heteroatoms. The van der Waals surface area contributed by atoms with Crippen molar-refractivity contribution in [1.82, 2.24) is 9.62 Å². The summed E-state index contributed by atoms with van der Waals surface area (Å²) in [6.07, 6.45) is 1.02. The number of hydrogen-bond acceptors (Lipinski definition) is 5. The average molecular weight is 349 g/mol. The molecule has 0 saturated carbocycles. The minimum atomic E-state index is -3.32. The van der Waals surface area contributed by atoms with Crippen molar-refractivity contribution >= 4 is 33.1 Å². The Bertz CT molecular complexity index is 554. The summed E-state index contributed by atoms with van der Waals surface area (Å²) in [5.41, 5.74) is 0. The zero-order valence-corrected chi connectivity index (χ0v) is 15.3. The van der Waals surface area contributed by atoms with Gasteiger partial charge in [-0.2, -0.15) is 16.1 Å². The predicted octanol–water partition coefficient (Wildman–Crippen LogP) is 2.76. The minimum Gasteiger partial charge on any atom is -0.310 e. The number of thioether (sulfide) groups is 1. The van der Waals surface area contributed by atoms with E-state index >= 15 is 0 Å². The van der Waals surface area contributed by atoms with Gasteiger partial charge in [0.05, 0.1) is 4.90 Å². The second-order valence-corrected chi connectivity index (χ2v) is 9.89. The summed E-state index contributed by atoms with van der Waals surface area (Å²) < 4.78 is 27.1. The Labute approximate surface area is 136 Å². The first kappa shape index (κ1) is 17.3. The second-order valence-electron chi connectivity index (χ2n) is 5.55. The molecule has 0 bridgehead atoms. The Kier molecular flexibility index (Phi) is 6.14. The van der Waals surface area contributed by atoms with E-state index in [4.69, 9.17) is 0 Å². The Hall–Kier alpha value is -0.0800. The average Bonchev–Trinajstić information content (AvgIpc) is 2.95. The first-order valence-corrected chi connectivity index (χ1v) is 10.7. The number of nitrogens with zero attached hydrogens (tertiary/aromatic N) is 1. The summed E-state index contributed by atoms with van der Waals surface area (Å²) in [5.74, 6) is 0.892. The van der Waals surface area contributed by atoms with Gasteiger partial charge in [-0.3, -0.25) is 0 Å². The second kappa shape index (κ2) is 7.46. The summed E-state index contributed by atoms with van der Waals surface area (Å²) in [7, 11) is -3.32. The van der Waals surface area contributed by atoms with Crippen molar-refractivity contribution in [3.63, 3.8) is 0 Å². The van der Waals surface area contributed by atoms with Crippen molar-refractivity contribution in [2.45, 2.75) is 49.9 Å². The minimum absolute atomic E-state index is 0.400. The fraction of sp³-hybridized carbons (Fsp3) is 0.714. The van der Waals surface area contributed by atoms with Gasteiger partial charge in [0.1, 0.15) is 0 Å². The number of rotatable bonds is 6. The monoisotopic (exact) mass is 348 g/mol. The van der Waals surface area contributed by atoms with Crippen LogP contribution < -0.4 is 5.32 Å². The topological polar surface area (TPSA) is 49.4 Å². The third kappa shape index (κ3) is 4.45. The molecular weight excluding hydrogens is 324 g/mol. The van der Waals surface area contributed by atoms with Crippen LogP contribution in [0.1, 0.15) is 32.1 Å².